The van der Waals surface area contributed by atoms with Crippen LogP contribution in [0, 0.1) is 5.92 Å². The average molecular weight is 347 g/mol. The Hall–Kier alpha value is -1.55. The molecule has 1 unspecified atom stereocenters. The lowest BCUT2D eigenvalue weighted by Gasteiger charge is -2.49. The van der Waals surface area contributed by atoms with Gasteiger partial charge in [0.25, 0.3) is 0 Å². The third kappa shape index (κ3) is 5.21. The van der Waals surface area contributed by atoms with Crippen LogP contribution in [0.3, 0.4) is 0 Å². The highest BCUT2D eigenvalue weighted by atomic mass is 16.5. The summed E-state index contributed by atoms with van der Waals surface area (Å²) in [5.41, 5.74) is 1.57. The maximum absolute atomic E-state index is 10.8. The van der Waals surface area contributed by atoms with Gasteiger partial charge in [-0.25, -0.2) is 0 Å². The molecule has 4 nitrogen and oxygen atoms in total. The number of carboxylic acid groups (broad SMARTS) is 1. The lowest BCUT2D eigenvalue weighted by Crippen LogP contribution is -2.53. The summed E-state index contributed by atoms with van der Waals surface area (Å²) in [4.78, 5) is 10.8. The van der Waals surface area contributed by atoms with Gasteiger partial charge in [0.2, 0.25) is 0 Å². The summed E-state index contributed by atoms with van der Waals surface area (Å²) in [5, 5.41) is 12.5. The third-order valence-electron chi connectivity index (χ3n) is 5.32. The molecule has 1 fully saturated rings. The lowest BCUT2D eigenvalue weighted by atomic mass is 9.59. The Kier molecular flexibility index (Phi) is 7.30. The Morgan fingerprint density at radius 2 is 1.96 bits per heavy atom. The summed E-state index contributed by atoms with van der Waals surface area (Å²) < 4.78 is 5.58. The van der Waals surface area contributed by atoms with Gasteiger partial charge in [-0.15, -0.1) is 0 Å². The molecular formula is C21H33NO3. The molecule has 1 aliphatic rings. The molecule has 0 radical (unpaired) electrons. The largest absolute Gasteiger partial charge is 0.494 e. The van der Waals surface area contributed by atoms with E-state index in [0.717, 1.165) is 18.7 Å². The summed E-state index contributed by atoms with van der Waals surface area (Å²) in [5.74, 6) is 0.819. The van der Waals surface area contributed by atoms with Crippen molar-refractivity contribution in [1.82, 2.24) is 5.32 Å². The van der Waals surface area contributed by atoms with Gasteiger partial charge < -0.3 is 15.2 Å². The summed E-state index contributed by atoms with van der Waals surface area (Å²) in [6.07, 6.45) is 5.69. The van der Waals surface area contributed by atoms with E-state index in [0.29, 0.717) is 25.0 Å². The first-order valence-electron chi connectivity index (χ1n) is 9.66. The van der Waals surface area contributed by atoms with E-state index in [9.17, 15) is 4.79 Å². The van der Waals surface area contributed by atoms with E-state index in [2.05, 4.69) is 43.4 Å². The molecule has 2 N–H and O–H groups in total. The molecule has 1 aliphatic carbocycles. The van der Waals surface area contributed by atoms with Crippen molar-refractivity contribution < 1.29 is 14.6 Å². The maximum Gasteiger partial charge on any atom is 0.303 e. The van der Waals surface area contributed by atoms with Crippen LogP contribution < -0.4 is 10.1 Å². The molecule has 0 amide bonds. The van der Waals surface area contributed by atoms with Crippen molar-refractivity contribution in [1.29, 1.82) is 0 Å². The molecule has 25 heavy (non-hydrogen) atoms. The zero-order chi connectivity index (χ0) is 18.3. The van der Waals surface area contributed by atoms with Crippen LogP contribution in [0.25, 0.3) is 0 Å². The van der Waals surface area contributed by atoms with Crippen molar-refractivity contribution >= 4 is 5.97 Å². The zero-order valence-electron chi connectivity index (χ0n) is 15.9. The van der Waals surface area contributed by atoms with Crippen LogP contribution >= 0.6 is 0 Å². The predicted molar refractivity (Wildman–Crippen MR) is 101 cm³/mol. The fourth-order valence-corrected chi connectivity index (χ4v) is 3.94. The average Bonchev–Trinajstić information content (AvgIpc) is 2.51. The van der Waals surface area contributed by atoms with E-state index in [1.54, 1.807) is 0 Å². The Morgan fingerprint density at radius 3 is 2.44 bits per heavy atom. The fraction of sp³-hybridized carbons (Fsp3) is 0.667. The second-order valence-electron chi connectivity index (χ2n) is 7.60. The van der Waals surface area contributed by atoms with Crippen molar-refractivity contribution in [3.8, 4) is 5.75 Å². The van der Waals surface area contributed by atoms with Crippen LogP contribution in [-0.2, 0) is 10.2 Å². The molecule has 140 valence electrons. The zero-order valence-corrected chi connectivity index (χ0v) is 15.9. The number of aliphatic carboxylic acids is 1. The van der Waals surface area contributed by atoms with Crippen LogP contribution in [0.4, 0.5) is 0 Å². The molecule has 4 heteroatoms. The van der Waals surface area contributed by atoms with E-state index in [-0.39, 0.29) is 11.8 Å². The number of hydrogen-bond acceptors (Lipinski definition) is 3. The van der Waals surface area contributed by atoms with Gasteiger partial charge in [0.05, 0.1) is 6.61 Å². The van der Waals surface area contributed by atoms with Crippen LogP contribution in [0.2, 0.25) is 0 Å². The number of rotatable bonds is 11. The van der Waals surface area contributed by atoms with E-state index in [1.165, 1.54) is 24.8 Å². The molecule has 0 aromatic heterocycles. The molecule has 1 saturated carbocycles. The van der Waals surface area contributed by atoms with E-state index in [1.807, 2.05) is 6.92 Å². The lowest BCUT2D eigenvalue weighted by molar-refractivity contribution is -0.137. The van der Waals surface area contributed by atoms with Crippen molar-refractivity contribution in [2.75, 3.05) is 13.2 Å². The minimum absolute atomic E-state index is 0.179. The van der Waals surface area contributed by atoms with Crippen molar-refractivity contribution in [3.05, 3.63) is 29.8 Å². The van der Waals surface area contributed by atoms with Gasteiger partial charge in [-0.2, -0.15) is 0 Å². The molecule has 1 aromatic rings. The number of nitrogens with one attached hydrogen (secondary N) is 1. The second kappa shape index (κ2) is 9.23. The maximum atomic E-state index is 10.8. The number of carbonyl (C=O) groups is 1. The molecule has 0 heterocycles. The van der Waals surface area contributed by atoms with Gasteiger partial charge in [-0.3, -0.25) is 4.79 Å². The number of benzene rings is 1. The van der Waals surface area contributed by atoms with Crippen molar-refractivity contribution in [2.45, 2.75) is 70.8 Å². The van der Waals surface area contributed by atoms with Crippen LogP contribution in [0.5, 0.6) is 5.75 Å². The van der Waals surface area contributed by atoms with Gasteiger partial charge in [0.1, 0.15) is 5.75 Å². The Balaban J connectivity index is 2.11. The molecule has 2 rings (SSSR count). The Labute approximate surface area is 152 Å². The predicted octanol–water partition coefficient (Wildman–Crippen LogP) is 4.38. The topological polar surface area (TPSA) is 58.6 Å². The number of hydrogen-bond donors (Lipinski definition) is 2. The first-order valence-corrected chi connectivity index (χ1v) is 9.66. The van der Waals surface area contributed by atoms with Crippen LogP contribution in [0.15, 0.2) is 24.3 Å². The van der Waals surface area contributed by atoms with Gasteiger partial charge in [0.15, 0.2) is 0 Å². The van der Waals surface area contributed by atoms with Gasteiger partial charge in [0, 0.05) is 17.9 Å². The highest BCUT2D eigenvalue weighted by Crippen LogP contribution is 2.48. The fourth-order valence-electron chi connectivity index (χ4n) is 3.94. The normalized spacial score (nSPS) is 17.1. The first kappa shape index (κ1) is 19.8. The van der Waals surface area contributed by atoms with Crippen molar-refractivity contribution in [2.24, 2.45) is 5.92 Å². The molecule has 0 spiro atoms. The summed E-state index contributed by atoms with van der Waals surface area (Å²) >= 11 is 0. The number of ether oxygens (including phenoxy) is 1. The summed E-state index contributed by atoms with van der Waals surface area (Å²) in [6, 6.07) is 8.99. The highest BCUT2D eigenvalue weighted by molar-refractivity contribution is 5.66. The van der Waals surface area contributed by atoms with Crippen LogP contribution in [-0.4, -0.2) is 30.3 Å². The summed E-state index contributed by atoms with van der Waals surface area (Å²) in [7, 11) is 0. The van der Waals surface area contributed by atoms with E-state index < -0.39 is 5.97 Å². The third-order valence-corrected chi connectivity index (χ3v) is 5.32. The molecule has 0 aliphatic heterocycles. The van der Waals surface area contributed by atoms with Gasteiger partial charge >= 0.3 is 5.97 Å². The van der Waals surface area contributed by atoms with Gasteiger partial charge in [-0.05, 0) is 62.8 Å². The summed E-state index contributed by atoms with van der Waals surface area (Å²) in [6.45, 7) is 7.97. The minimum Gasteiger partial charge on any atom is -0.494 e. The first-order chi connectivity index (χ1) is 12.0. The monoisotopic (exact) mass is 347 g/mol. The second-order valence-corrected chi connectivity index (χ2v) is 7.60. The highest BCUT2D eigenvalue weighted by Gasteiger charge is 2.45. The van der Waals surface area contributed by atoms with Gasteiger partial charge in [-0.1, -0.05) is 32.4 Å². The molecule has 0 saturated heterocycles. The standard InChI is InChI=1S/C21H33NO3/c1-4-25-18-10-8-17(9-11-18)21(12-6-13-21)19(15-16(2)3)22-14-5-7-20(23)24/h8-11,16,19,22H,4-7,12-15H2,1-3H3,(H,23,24). The quantitative estimate of drug-likeness (QED) is 0.583. The van der Waals surface area contributed by atoms with Crippen LogP contribution in [0.1, 0.15) is 64.9 Å². The molecular weight excluding hydrogens is 314 g/mol. The smallest absolute Gasteiger partial charge is 0.303 e. The molecule has 1 atom stereocenters. The van der Waals surface area contributed by atoms with Crippen molar-refractivity contribution in [3.63, 3.8) is 0 Å². The Morgan fingerprint density at radius 1 is 1.28 bits per heavy atom. The Bertz CT molecular complexity index is 535. The SMILES string of the molecule is CCOc1ccc(C2(C(CC(C)C)NCCCC(=O)O)CCC2)cc1. The molecule has 1 aromatic carbocycles. The minimum atomic E-state index is -0.716. The number of carboxylic acids is 1. The van der Waals surface area contributed by atoms with E-state index >= 15 is 0 Å². The van der Waals surface area contributed by atoms with E-state index in [4.69, 9.17) is 9.84 Å². The molecule has 0 bridgehead atoms.